The molecular weight excluding hydrogens is 438 g/mol. The number of likely N-dealkylation sites (N-methyl/N-ethyl adjacent to an activating group) is 1. The molecule has 1 unspecified atom stereocenters. The molecule has 0 aliphatic carbocycles. The van der Waals surface area contributed by atoms with Gasteiger partial charge in [0, 0.05) is 12.7 Å². The van der Waals surface area contributed by atoms with Crippen LogP contribution in [-0.2, 0) is 21.2 Å². The number of nitrogens with zero attached hydrogens (tertiary/aromatic N) is 1. The molecule has 0 aromatic heterocycles. The number of ether oxygens (including phenoxy) is 1. The summed E-state index contributed by atoms with van der Waals surface area (Å²) in [5.41, 5.74) is 2.33. The van der Waals surface area contributed by atoms with Crippen molar-refractivity contribution < 1.29 is 17.9 Å². The first kappa shape index (κ1) is 24.4. The van der Waals surface area contributed by atoms with Gasteiger partial charge in [-0.1, -0.05) is 48.5 Å². The summed E-state index contributed by atoms with van der Waals surface area (Å²) in [5, 5.41) is 3.08. The molecule has 0 fully saturated rings. The van der Waals surface area contributed by atoms with Crippen molar-refractivity contribution >= 4 is 21.6 Å². The number of anilines is 1. The van der Waals surface area contributed by atoms with E-state index in [4.69, 9.17) is 4.74 Å². The zero-order chi connectivity index (χ0) is 23.8. The van der Waals surface area contributed by atoms with Crippen molar-refractivity contribution in [2.45, 2.75) is 24.3 Å². The van der Waals surface area contributed by atoms with Crippen molar-refractivity contribution in [3.05, 3.63) is 90.0 Å². The van der Waals surface area contributed by atoms with Crippen LogP contribution in [0.4, 0.5) is 5.69 Å². The van der Waals surface area contributed by atoms with Crippen LogP contribution in [0.2, 0.25) is 0 Å². The van der Waals surface area contributed by atoms with Crippen LogP contribution in [0.3, 0.4) is 0 Å². The van der Waals surface area contributed by atoms with E-state index in [0.717, 1.165) is 5.56 Å². The van der Waals surface area contributed by atoms with E-state index < -0.39 is 16.1 Å². The Morgan fingerprint density at radius 2 is 1.61 bits per heavy atom. The highest BCUT2D eigenvalue weighted by Crippen LogP contribution is 2.19. The van der Waals surface area contributed by atoms with Crippen LogP contribution in [0.15, 0.2) is 83.8 Å². The van der Waals surface area contributed by atoms with E-state index >= 15 is 0 Å². The predicted octanol–water partition coefficient (Wildman–Crippen LogP) is 3.10. The normalized spacial score (nSPS) is 12.2. The van der Waals surface area contributed by atoms with Crippen molar-refractivity contribution in [3.63, 3.8) is 0 Å². The van der Waals surface area contributed by atoms with Gasteiger partial charge >= 0.3 is 0 Å². The Morgan fingerprint density at radius 3 is 2.24 bits per heavy atom. The van der Waals surface area contributed by atoms with Gasteiger partial charge in [0.1, 0.15) is 5.75 Å². The average Bonchev–Trinajstić information content (AvgIpc) is 2.83. The van der Waals surface area contributed by atoms with Crippen molar-refractivity contribution in [2.24, 2.45) is 0 Å². The lowest BCUT2D eigenvalue weighted by Crippen LogP contribution is -2.50. The van der Waals surface area contributed by atoms with E-state index in [1.54, 1.807) is 74.5 Å². The number of aryl methyl sites for hydroxylation is 1. The van der Waals surface area contributed by atoms with Crippen molar-refractivity contribution in [2.75, 3.05) is 25.7 Å². The van der Waals surface area contributed by atoms with E-state index in [-0.39, 0.29) is 17.5 Å². The van der Waals surface area contributed by atoms with Gasteiger partial charge in [0.2, 0.25) is 15.9 Å². The maximum Gasteiger partial charge on any atom is 0.244 e. The number of carbonyl (C=O) groups excluding carboxylic acids is 1. The van der Waals surface area contributed by atoms with E-state index in [2.05, 4.69) is 10.0 Å². The van der Waals surface area contributed by atoms with Gasteiger partial charge in [-0.3, -0.25) is 10.1 Å². The molecule has 1 atom stereocenters. The molecule has 0 aliphatic rings. The fraction of sp³-hybridized carbons (Fsp3) is 0.240. The molecule has 0 saturated carbocycles. The first-order valence-corrected chi connectivity index (χ1v) is 12.0. The molecule has 0 saturated heterocycles. The molecule has 3 rings (SSSR count). The van der Waals surface area contributed by atoms with E-state index in [0.29, 0.717) is 23.4 Å². The largest absolute Gasteiger partial charge is 0.497 e. The summed E-state index contributed by atoms with van der Waals surface area (Å²) in [5.74, 6) is 0.517. The molecule has 0 aliphatic heterocycles. The number of methoxy groups -OCH3 is 1. The van der Waals surface area contributed by atoms with Crippen LogP contribution in [0.5, 0.6) is 5.75 Å². The summed E-state index contributed by atoms with van der Waals surface area (Å²) >= 11 is 0. The van der Waals surface area contributed by atoms with Gasteiger partial charge in [0.05, 0.1) is 24.7 Å². The Balaban J connectivity index is 1.74. The van der Waals surface area contributed by atoms with Crippen molar-refractivity contribution in [3.8, 4) is 5.75 Å². The molecule has 3 aromatic carbocycles. The van der Waals surface area contributed by atoms with Gasteiger partial charge in [-0.25, -0.2) is 8.42 Å². The van der Waals surface area contributed by atoms with Crippen molar-refractivity contribution in [1.82, 2.24) is 10.0 Å². The second-order valence-electron chi connectivity index (χ2n) is 7.63. The SMILES string of the molecule is COc1ccc(N(C)C(=O)C(Cc2ccccc2)NCNS(=O)(=O)c2ccccc2C)cc1. The Morgan fingerprint density at radius 1 is 0.970 bits per heavy atom. The molecule has 174 valence electrons. The minimum Gasteiger partial charge on any atom is -0.497 e. The first-order valence-electron chi connectivity index (χ1n) is 10.6. The lowest BCUT2D eigenvalue weighted by Gasteiger charge is -2.25. The van der Waals surface area contributed by atoms with Crippen LogP contribution in [0.25, 0.3) is 0 Å². The summed E-state index contributed by atoms with van der Waals surface area (Å²) < 4.78 is 33.2. The zero-order valence-electron chi connectivity index (χ0n) is 19.0. The minimum absolute atomic E-state index is 0.0869. The molecule has 0 bridgehead atoms. The van der Waals surface area contributed by atoms with E-state index in [9.17, 15) is 13.2 Å². The van der Waals surface area contributed by atoms with Crippen molar-refractivity contribution in [1.29, 1.82) is 0 Å². The van der Waals surface area contributed by atoms with Crippen LogP contribution in [0, 0.1) is 6.92 Å². The topological polar surface area (TPSA) is 87.7 Å². The quantitative estimate of drug-likeness (QED) is 0.448. The lowest BCUT2D eigenvalue weighted by molar-refractivity contribution is -0.120. The monoisotopic (exact) mass is 467 g/mol. The van der Waals surface area contributed by atoms with Crippen LogP contribution in [-0.4, -0.2) is 41.2 Å². The molecule has 8 heteroatoms. The molecule has 3 aromatic rings. The maximum absolute atomic E-state index is 13.3. The Kier molecular flexibility index (Phi) is 8.21. The summed E-state index contributed by atoms with van der Waals surface area (Å²) in [6.45, 7) is 1.66. The van der Waals surface area contributed by atoms with E-state index in [1.807, 2.05) is 30.3 Å². The minimum atomic E-state index is -3.72. The highest BCUT2D eigenvalue weighted by molar-refractivity contribution is 7.89. The number of benzene rings is 3. The zero-order valence-corrected chi connectivity index (χ0v) is 19.8. The molecule has 0 heterocycles. The smallest absolute Gasteiger partial charge is 0.244 e. The van der Waals surface area contributed by atoms with Gasteiger partial charge < -0.3 is 9.64 Å². The molecular formula is C25H29N3O4S. The van der Waals surface area contributed by atoms with Crippen LogP contribution >= 0.6 is 0 Å². The third-order valence-corrected chi connectivity index (χ3v) is 6.93. The second kappa shape index (κ2) is 11.1. The van der Waals surface area contributed by atoms with Crippen LogP contribution in [0.1, 0.15) is 11.1 Å². The van der Waals surface area contributed by atoms with Gasteiger partial charge in [0.25, 0.3) is 0 Å². The molecule has 33 heavy (non-hydrogen) atoms. The third-order valence-electron chi connectivity index (χ3n) is 5.36. The van der Waals surface area contributed by atoms with Crippen LogP contribution < -0.4 is 19.7 Å². The Hall–Kier alpha value is -3.20. The summed E-state index contributed by atoms with van der Waals surface area (Å²) in [6.07, 6.45) is 0.409. The Labute approximate surface area is 195 Å². The molecule has 7 nitrogen and oxygen atoms in total. The van der Waals surface area contributed by atoms with Gasteiger partial charge in [-0.2, -0.15) is 4.72 Å². The lowest BCUT2D eigenvalue weighted by atomic mass is 10.0. The fourth-order valence-electron chi connectivity index (χ4n) is 3.46. The fourth-order valence-corrected chi connectivity index (χ4v) is 4.64. The number of amides is 1. The second-order valence-corrected chi connectivity index (χ2v) is 9.37. The number of hydrogen-bond acceptors (Lipinski definition) is 5. The number of rotatable bonds is 10. The molecule has 1 amide bonds. The van der Waals surface area contributed by atoms with Gasteiger partial charge in [0.15, 0.2) is 0 Å². The average molecular weight is 468 g/mol. The highest BCUT2D eigenvalue weighted by Gasteiger charge is 2.24. The van der Waals surface area contributed by atoms with Gasteiger partial charge in [-0.15, -0.1) is 0 Å². The number of nitrogens with one attached hydrogen (secondary N) is 2. The molecule has 0 radical (unpaired) electrons. The predicted molar refractivity (Wildman–Crippen MR) is 130 cm³/mol. The number of carbonyl (C=O) groups is 1. The highest BCUT2D eigenvalue weighted by atomic mass is 32.2. The summed E-state index contributed by atoms with van der Waals surface area (Å²) in [7, 11) is -0.436. The summed E-state index contributed by atoms with van der Waals surface area (Å²) in [6, 6.07) is 22.9. The standard InChI is InChI=1S/C25H29N3O4S/c1-19-9-7-8-12-24(19)33(30,31)27-18-26-23(17-20-10-5-4-6-11-20)25(29)28(2)21-13-15-22(32-3)16-14-21/h4-16,23,26-27H,17-18H2,1-3H3. The maximum atomic E-state index is 13.3. The summed E-state index contributed by atoms with van der Waals surface area (Å²) in [4.78, 5) is 15.1. The van der Waals surface area contributed by atoms with E-state index in [1.165, 1.54) is 0 Å². The first-order chi connectivity index (χ1) is 15.8. The third kappa shape index (κ3) is 6.41. The van der Waals surface area contributed by atoms with Gasteiger partial charge in [-0.05, 0) is 54.8 Å². The Bertz CT molecular complexity index is 1170. The molecule has 2 N–H and O–H groups in total. The number of sulfonamides is 1. The molecule has 0 spiro atoms. The number of hydrogen-bond donors (Lipinski definition) is 2.